The van der Waals surface area contributed by atoms with Crippen molar-refractivity contribution in [2.75, 3.05) is 0 Å². The van der Waals surface area contributed by atoms with Crippen LogP contribution in [0.5, 0.6) is 0 Å². The molecule has 1 fully saturated rings. The Hall–Kier alpha value is -2.21. The third-order valence-electron chi connectivity index (χ3n) is 4.89. The Morgan fingerprint density at radius 3 is 2.80 bits per heavy atom. The summed E-state index contributed by atoms with van der Waals surface area (Å²) in [5, 5.41) is 19.0. The molecule has 1 heterocycles. The van der Waals surface area contributed by atoms with Crippen LogP contribution < -0.4 is 10.9 Å². The highest BCUT2D eigenvalue weighted by molar-refractivity contribution is 5.80. The SMILES string of the molecule is CC(Cn1ncc2ccccc2c1=O)NC(=O)CC1(O)CCCCC1. The van der Waals surface area contributed by atoms with E-state index in [1.807, 2.05) is 25.1 Å². The summed E-state index contributed by atoms with van der Waals surface area (Å²) in [6, 6.07) is 7.07. The highest BCUT2D eigenvalue weighted by Gasteiger charge is 2.31. The first kappa shape index (κ1) is 17.6. The molecule has 0 bridgehead atoms. The lowest BCUT2D eigenvalue weighted by Gasteiger charge is -2.31. The van der Waals surface area contributed by atoms with Gasteiger partial charge in [-0.1, -0.05) is 37.5 Å². The minimum Gasteiger partial charge on any atom is -0.389 e. The number of hydrogen-bond acceptors (Lipinski definition) is 4. The summed E-state index contributed by atoms with van der Waals surface area (Å²) in [7, 11) is 0. The fourth-order valence-electron chi connectivity index (χ4n) is 3.57. The molecule has 1 aromatic heterocycles. The van der Waals surface area contributed by atoms with Gasteiger partial charge in [0.25, 0.3) is 5.56 Å². The minimum atomic E-state index is -0.875. The molecule has 1 amide bonds. The standard InChI is InChI=1S/C19H25N3O3/c1-14(21-17(23)11-19(25)9-5-2-6-10-19)13-22-18(24)16-8-4-3-7-15(16)12-20-22/h3-4,7-8,12,14,25H,2,5-6,9-11,13H2,1H3,(H,21,23). The number of fused-ring (bicyclic) bond motifs is 1. The number of aromatic nitrogens is 2. The first-order chi connectivity index (χ1) is 12.0. The van der Waals surface area contributed by atoms with Gasteiger partial charge in [-0.3, -0.25) is 9.59 Å². The van der Waals surface area contributed by atoms with E-state index in [4.69, 9.17) is 0 Å². The van der Waals surface area contributed by atoms with E-state index >= 15 is 0 Å². The zero-order chi connectivity index (χ0) is 17.9. The van der Waals surface area contributed by atoms with Gasteiger partial charge >= 0.3 is 0 Å². The van der Waals surface area contributed by atoms with E-state index in [2.05, 4.69) is 10.4 Å². The largest absolute Gasteiger partial charge is 0.389 e. The van der Waals surface area contributed by atoms with Crippen LogP contribution in [-0.4, -0.2) is 32.4 Å². The first-order valence-corrected chi connectivity index (χ1v) is 8.93. The van der Waals surface area contributed by atoms with Crippen LogP contribution in [0, 0.1) is 0 Å². The van der Waals surface area contributed by atoms with Crippen molar-refractivity contribution in [1.29, 1.82) is 0 Å². The number of carbonyl (C=O) groups excluding carboxylic acids is 1. The average molecular weight is 343 g/mol. The fourth-order valence-corrected chi connectivity index (χ4v) is 3.57. The van der Waals surface area contributed by atoms with Crippen molar-refractivity contribution in [1.82, 2.24) is 15.1 Å². The number of nitrogens with zero attached hydrogens (tertiary/aromatic N) is 2. The zero-order valence-corrected chi connectivity index (χ0v) is 14.6. The average Bonchev–Trinajstić information content (AvgIpc) is 2.57. The van der Waals surface area contributed by atoms with Gasteiger partial charge in [-0.2, -0.15) is 5.10 Å². The smallest absolute Gasteiger partial charge is 0.274 e. The third kappa shape index (κ3) is 4.25. The number of rotatable bonds is 5. The molecule has 1 saturated carbocycles. The second-order valence-electron chi connectivity index (χ2n) is 7.15. The fraction of sp³-hybridized carbons (Fsp3) is 0.526. The van der Waals surface area contributed by atoms with Crippen molar-refractivity contribution >= 4 is 16.7 Å². The summed E-state index contributed by atoms with van der Waals surface area (Å²) >= 11 is 0. The number of carbonyl (C=O) groups is 1. The predicted molar refractivity (Wildman–Crippen MR) is 96.3 cm³/mol. The summed E-state index contributed by atoms with van der Waals surface area (Å²) in [5.74, 6) is -0.175. The first-order valence-electron chi connectivity index (χ1n) is 8.93. The molecular formula is C19H25N3O3. The molecule has 0 radical (unpaired) electrons. The molecule has 3 rings (SSSR count). The molecule has 0 saturated heterocycles. The normalized spacial score (nSPS) is 18.0. The van der Waals surface area contributed by atoms with Gasteiger partial charge in [0, 0.05) is 11.4 Å². The second-order valence-corrected chi connectivity index (χ2v) is 7.15. The summed E-state index contributed by atoms with van der Waals surface area (Å²) in [6.07, 6.45) is 6.21. The zero-order valence-electron chi connectivity index (χ0n) is 14.6. The van der Waals surface area contributed by atoms with Crippen LogP contribution in [0.2, 0.25) is 0 Å². The molecule has 6 heteroatoms. The van der Waals surface area contributed by atoms with E-state index in [1.165, 1.54) is 4.68 Å². The number of amides is 1. The molecule has 2 N–H and O–H groups in total. The molecule has 134 valence electrons. The molecule has 2 aromatic rings. The Morgan fingerprint density at radius 1 is 1.32 bits per heavy atom. The van der Waals surface area contributed by atoms with Gasteiger partial charge in [-0.15, -0.1) is 0 Å². The Kier molecular flexibility index (Phi) is 5.18. The van der Waals surface area contributed by atoms with Crippen molar-refractivity contribution in [3.63, 3.8) is 0 Å². The van der Waals surface area contributed by atoms with E-state index in [9.17, 15) is 14.7 Å². The monoisotopic (exact) mass is 343 g/mol. The van der Waals surface area contributed by atoms with Crippen LogP contribution in [0.4, 0.5) is 0 Å². The molecule has 6 nitrogen and oxygen atoms in total. The molecule has 1 unspecified atom stereocenters. The van der Waals surface area contributed by atoms with Gasteiger partial charge < -0.3 is 10.4 Å². The quantitative estimate of drug-likeness (QED) is 0.869. The highest BCUT2D eigenvalue weighted by atomic mass is 16.3. The van der Waals surface area contributed by atoms with Gasteiger partial charge in [-0.25, -0.2) is 4.68 Å². The van der Waals surface area contributed by atoms with Crippen LogP contribution in [0.25, 0.3) is 10.8 Å². The Labute approximate surface area is 146 Å². The van der Waals surface area contributed by atoms with Crippen molar-refractivity contribution < 1.29 is 9.90 Å². The summed E-state index contributed by atoms with van der Waals surface area (Å²) in [6.45, 7) is 2.14. The van der Waals surface area contributed by atoms with Gasteiger partial charge in [0.1, 0.15) is 0 Å². The molecule has 1 atom stereocenters. The summed E-state index contributed by atoms with van der Waals surface area (Å²) < 4.78 is 1.38. The topological polar surface area (TPSA) is 84.2 Å². The van der Waals surface area contributed by atoms with Crippen LogP contribution in [0.1, 0.15) is 45.4 Å². The van der Waals surface area contributed by atoms with E-state index in [1.54, 1.807) is 12.3 Å². The van der Waals surface area contributed by atoms with Crippen LogP contribution >= 0.6 is 0 Å². The van der Waals surface area contributed by atoms with E-state index in [-0.39, 0.29) is 23.9 Å². The van der Waals surface area contributed by atoms with Gasteiger partial charge in [0.2, 0.25) is 5.91 Å². The highest BCUT2D eigenvalue weighted by Crippen LogP contribution is 2.30. The molecule has 0 aliphatic heterocycles. The number of aliphatic hydroxyl groups is 1. The molecule has 1 aliphatic rings. The maximum absolute atomic E-state index is 12.5. The van der Waals surface area contributed by atoms with Crippen LogP contribution in [0.15, 0.2) is 35.3 Å². The third-order valence-corrected chi connectivity index (χ3v) is 4.89. The number of nitrogens with one attached hydrogen (secondary N) is 1. The second kappa shape index (κ2) is 7.35. The van der Waals surface area contributed by atoms with Gasteiger partial charge in [-0.05, 0) is 25.8 Å². The molecule has 1 aromatic carbocycles. The lowest BCUT2D eigenvalue weighted by Crippen LogP contribution is -2.43. The summed E-state index contributed by atoms with van der Waals surface area (Å²) in [4.78, 5) is 24.7. The van der Waals surface area contributed by atoms with Crippen molar-refractivity contribution in [2.24, 2.45) is 0 Å². The Morgan fingerprint density at radius 2 is 2.04 bits per heavy atom. The summed E-state index contributed by atoms with van der Waals surface area (Å²) in [5.41, 5.74) is -1.04. The Bertz CT molecular complexity index is 809. The minimum absolute atomic E-state index is 0.122. The molecule has 0 spiro atoms. The lowest BCUT2D eigenvalue weighted by molar-refractivity contribution is -0.128. The van der Waals surface area contributed by atoms with Crippen molar-refractivity contribution in [3.05, 3.63) is 40.8 Å². The predicted octanol–water partition coefficient (Wildman–Crippen LogP) is 1.99. The maximum atomic E-state index is 12.5. The van der Waals surface area contributed by atoms with Crippen molar-refractivity contribution in [2.45, 2.75) is 63.6 Å². The maximum Gasteiger partial charge on any atom is 0.274 e. The van der Waals surface area contributed by atoms with E-state index in [0.717, 1.165) is 24.6 Å². The lowest BCUT2D eigenvalue weighted by atomic mass is 9.82. The molecular weight excluding hydrogens is 318 g/mol. The number of benzene rings is 1. The van der Waals surface area contributed by atoms with Gasteiger partial charge in [0.15, 0.2) is 0 Å². The van der Waals surface area contributed by atoms with Crippen molar-refractivity contribution in [3.8, 4) is 0 Å². The molecule has 1 aliphatic carbocycles. The van der Waals surface area contributed by atoms with Crippen LogP contribution in [0.3, 0.4) is 0 Å². The molecule has 25 heavy (non-hydrogen) atoms. The van der Waals surface area contributed by atoms with E-state index < -0.39 is 5.60 Å². The Balaban J connectivity index is 1.62. The van der Waals surface area contributed by atoms with Crippen LogP contribution in [-0.2, 0) is 11.3 Å². The number of hydrogen-bond donors (Lipinski definition) is 2. The van der Waals surface area contributed by atoms with Gasteiger partial charge in [0.05, 0.1) is 30.1 Å². The van der Waals surface area contributed by atoms with E-state index in [0.29, 0.717) is 24.8 Å².